The summed E-state index contributed by atoms with van der Waals surface area (Å²) in [7, 11) is 0. The number of aryl methyl sites for hydroxylation is 1. The fourth-order valence-electron chi connectivity index (χ4n) is 3.06. The van der Waals surface area contributed by atoms with Gasteiger partial charge in [-0.25, -0.2) is 4.98 Å². The molecule has 2 heterocycles. The van der Waals surface area contributed by atoms with Crippen molar-refractivity contribution in [2.75, 3.05) is 18.0 Å². The summed E-state index contributed by atoms with van der Waals surface area (Å²) in [5.41, 5.74) is 1.83. The number of benzene rings is 1. The van der Waals surface area contributed by atoms with Gasteiger partial charge in [-0.2, -0.15) is 0 Å². The van der Waals surface area contributed by atoms with E-state index in [1.54, 1.807) is 12.1 Å². The molecule has 1 aliphatic heterocycles. The molecule has 0 amide bonds. The summed E-state index contributed by atoms with van der Waals surface area (Å²) in [6.45, 7) is 3.95. The Morgan fingerprint density at radius 2 is 2.00 bits per heavy atom. The Hall–Kier alpha value is -1.89. The summed E-state index contributed by atoms with van der Waals surface area (Å²) in [4.78, 5) is 16.8. The number of ether oxygens (including phenoxy) is 1. The Bertz CT molecular complexity index is 808. The second-order valence-electron chi connectivity index (χ2n) is 6.34. The molecule has 1 aromatic heterocycles. The van der Waals surface area contributed by atoms with E-state index in [4.69, 9.17) is 27.9 Å². The maximum atomic E-state index is 10.8. The van der Waals surface area contributed by atoms with E-state index in [-0.39, 0.29) is 11.8 Å². The molecule has 0 N–H and O–H groups in total. The van der Waals surface area contributed by atoms with E-state index < -0.39 is 4.92 Å². The van der Waals surface area contributed by atoms with Crippen LogP contribution in [0.3, 0.4) is 0 Å². The van der Waals surface area contributed by atoms with E-state index in [9.17, 15) is 10.1 Å². The minimum absolute atomic E-state index is 0.0195. The summed E-state index contributed by atoms with van der Waals surface area (Å²) in [6, 6.07) is 7.07. The van der Waals surface area contributed by atoms with Gasteiger partial charge in [0.05, 0.1) is 27.7 Å². The third-order valence-electron chi connectivity index (χ3n) is 4.46. The average Bonchev–Trinajstić information content (AvgIpc) is 2.63. The summed E-state index contributed by atoms with van der Waals surface area (Å²) in [6.07, 6.45) is 3.23. The first-order valence-electron chi connectivity index (χ1n) is 8.35. The van der Waals surface area contributed by atoms with Crippen molar-refractivity contribution in [2.45, 2.75) is 32.5 Å². The smallest absolute Gasteiger partial charge is 0.287 e. The summed E-state index contributed by atoms with van der Waals surface area (Å²) < 4.78 is 5.99. The Balaban J connectivity index is 1.54. The van der Waals surface area contributed by atoms with Crippen LogP contribution in [0.5, 0.6) is 0 Å². The van der Waals surface area contributed by atoms with Gasteiger partial charge in [0.1, 0.15) is 12.0 Å². The second kappa shape index (κ2) is 8.20. The van der Waals surface area contributed by atoms with Crippen molar-refractivity contribution in [3.05, 3.63) is 61.7 Å². The van der Waals surface area contributed by atoms with Crippen molar-refractivity contribution in [2.24, 2.45) is 0 Å². The predicted molar refractivity (Wildman–Crippen MR) is 102 cm³/mol. The van der Waals surface area contributed by atoms with Gasteiger partial charge in [-0.05, 0) is 43.0 Å². The molecule has 0 aliphatic carbocycles. The van der Waals surface area contributed by atoms with Crippen LogP contribution < -0.4 is 4.90 Å². The molecule has 0 saturated carbocycles. The van der Waals surface area contributed by atoms with Gasteiger partial charge in [-0.3, -0.25) is 10.1 Å². The molecule has 8 heteroatoms. The standard InChI is InChI=1S/C18H19Cl2N3O3/c1-12-8-14(23(24)25)10-21-18(12)22-6-4-15(5-7-22)26-11-13-2-3-16(19)17(20)9-13/h2-3,8-10,15H,4-7,11H2,1H3. The number of piperidine rings is 1. The molecule has 0 atom stereocenters. The molecule has 0 bridgehead atoms. The van der Waals surface area contributed by atoms with Crippen LogP contribution in [0.4, 0.5) is 11.5 Å². The monoisotopic (exact) mass is 395 g/mol. The number of nitrogens with zero attached hydrogens (tertiary/aromatic N) is 3. The SMILES string of the molecule is Cc1cc([N+](=O)[O-])cnc1N1CCC(OCc2ccc(Cl)c(Cl)c2)CC1. The molecule has 0 radical (unpaired) electrons. The minimum atomic E-state index is -0.424. The highest BCUT2D eigenvalue weighted by Gasteiger charge is 2.22. The highest BCUT2D eigenvalue weighted by molar-refractivity contribution is 6.42. The molecule has 1 fully saturated rings. The number of nitro groups is 1. The van der Waals surface area contributed by atoms with Crippen molar-refractivity contribution in [3.8, 4) is 0 Å². The fourth-order valence-corrected chi connectivity index (χ4v) is 3.38. The van der Waals surface area contributed by atoms with Crippen LogP contribution in [0.25, 0.3) is 0 Å². The van der Waals surface area contributed by atoms with Crippen molar-refractivity contribution < 1.29 is 9.66 Å². The Kier molecular flexibility index (Phi) is 5.96. The molecule has 3 rings (SSSR count). The van der Waals surface area contributed by atoms with Gasteiger partial charge in [0.2, 0.25) is 0 Å². The lowest BCUT2D eigenvalue weighted by Gasteiger charge is -2.33. The van der Waals surface area contributed by atoms with Gasteiger partial charge in [-0.15, -0.1) is 0 Å². The molecule has 2 aromatic rings. The van der Waals surface area contributed by atoms with E-state index in [2.05, 4.69) is 9.88 Å². The van der Waals surface area contributed by atoms with E-state index in [1.165, 1.54) is 6.20 Å². The molecule has 6 nitrogen and oxygen atoms in total. The van der Waals surface area contributed by atoms with Crippen LogP contribution in [-0.4, -0.2) is 29.1 Å². The van der Waals surface area contributed by atoms with Gasteiger partial charge < -0.3 is 9.64 Å². The number of aromatic nitrogens is 1. The number of halogens is 2. The zero-order valence-electron chi connectivity index (χ0n) is 14.3. The third-order valence-corrected chi connectivity index (χ3v) is 5.20. The van der Waals surface area contributed by atoms with Gasteiger partial charge in [0.25, 0.3) is 5.69 Å². The molecular weight excluding hydrogens is 377 g/mol. The molecule has 1 aromatic carbocycles. The average molecular weight is 396 g/mol. The minimum Gasteiger partial charge on any atom is -0.373 e. The van der Waals surface area contributed by atoms with E-state index in [0.29, 0.717) is 16.7 Å². The molecule has 0 spiro atoms. The summed E-state index contributed by atoms with van der Waals surface area (Å²) >= 11 is 11.9. The molecular formula is C18H19Cl2N3O3. The first-order chi connectivity index (χ1) is 12.4. The maximum Gasteiger partial charge on any atom is 0.287 e. The van der Waals surface area contributed by atoms with E-state index in [0.717, 1.165) is 42.9 Å². The Morgan fingerprint density at radius 3 is 2.62 bits per heavy atom. The molecule has 1 saturated heterocycles. The zero-order chi connectivity index (χ0) is 18.7. The van der Waals surface area contributed by atoms with Gasteiger partial charge >= 0.3 is 0 Å². The van der Waals surface area contributed by atoms with Crippen LogP contribution in [-0.2, 0) is 11.3 Å². The summed E-state index contributed by atoms with van der Waals surface area (Å²) in [5, 5.41) is 11.9. The normalized spacial score (nSPS) is 15.3. The van der Waals surface area contributed by atoms with Crippen molar-refractivity contribution in [1.29, 1.82) is 0 Å². The fraction of sp³-hybridized carbons (Fsp3) is 0.389. The Labute approximate surface area is 161 Å². The van der Waals surface area contributed by atoms with Crippen molar-refractivity contribution >= 4 is 34.7 Å². The van der Waals surface area contributed by atoms with Gasteiger partial charge in [0, 0.05) is 19.2 Å². The van der Waals surface area contributed by atoms with E-state index in [1.807, 2.05) is 19.1 Å². The summed E-state index contributed by atoms with van der Waals surface area (Å²) in [5.74, 6) is 0.804. The zero-order valence-corrected chi connectivity index (χ0v) is 15.8. The predicted octanol–water partition coefficient (Wildman–Crippen LogP) is 4.79. The first-order valence-corrected chi connectivity index (χ1v) is 9.11. The molecule has 0 unspecified atom stereocenters. The first kappa shape index (κ1) is 18.9. The maximum absolute atomic E-state index is 10.8. The molecule has 138 valence electrons. The van der Waals surface area contributed by atoms with Crippen LogP contribution in [0.2, 0.25) is 10.0 Å². The number of hydrogen-bond donors (Lipinski definition) is 0. The lowest BCUT2D eigenvalue weighted by atomic mass is 10.1. The van der Waals surface area contributed by atoms with Crippen LogP contribution in [0.15, 0.2) is 30.5 Å². The highest BCUT2D eigenvalue weighted by atomic mass is 35.5. The van der Waals surface area contributed by atoms with E-state index >= 15 is 0 Å². The quantitative estimate of drug-likeness (QED) is 0.537. The molecule has 26 heavy (non-hydrogen) atoms. The van der Waals surface area contributed by atoms with Crippen LogP contribution >= 0.6 is 23.2 Å². The number of rotatable bonds is 5. The lowest BCUT2D eigenvalue weighted by molar-refractivity contribution is -0.385. The highest BCUT2D eigenvalue weighted by Crippen LogP contribution is 2.27. The van der Waals surface area contributed by atoms with Crippen molar-refractivity contribution in [1.82, 2.24) is 4.98 Å². The lowest BCUT2D eigenvalue weighted by Crippen LogP contribution is -2.37. The van der Waals surface area contributed by atoms with Crippen LogP contribution in [0.1, 0.15) is 24.0 Å². The molecule has 1 aliphatic rings. The largest absolute Gasteiger partial charge is 0.373 e. The topological polar surface area (TPSA) is 68.5 Å². The number of hydrogen-bond acceptors (Lipinski definition) is 5. The van der Waals surface area contributed by atoms with Gasteiger partial charge in [-0.1, -0.05) is 29.3 Å². The van der Waals surface area contributed by atoms with Crippen LogP contribution in [0, 0.1) is 17.0 Å². The van der Waals surface area contributed by atoms with Crippen molar-refractivity contribution in [3.63, 3.8) is 0 Å². The number of anilines is 1. The second-order valence-corrected chi connectivity index (χ2v) is 7.15. The van der Waals surface area contributed by atoms with Gasteiger partial charge in [0.15, 0.2) is 0 Å². The Morgan fingerprint density at radius 1 is 1.27 bits per heavy atom. The number of pyridine rings is 1. The third kappa shape index (κ3) is 4.44.